The first-order valence-electron chi connectivity index (χ1n) is 8.33. The van der Waals surface area contributed by atoms with Crippen LogP contribution < -0.4 is 10.1 Å². The summed E-state index contributed by atoms with van der Waals surface area (Å²) in [6.45, 7) is 1.01. The van der Waals surface area contributed by atoms with Gasteiger partial charge in [-0.1, -0.05) is 11.6 Å². The van der Waals surface area contributed by atoms with Crippen LogP contribution in [-0.2, 0) is 0 Å². The summed E-state index contributed by atoms with van der Waals surface area (Å²) in [6, 6.07) is 12.5. The van der Waals surface area contributed by atoms with Crippen molar-refractivity contribution >= 4 is 23.5 Å². The first kappa shape index (κ1) is 18.1. The molecule has 0 radical (unpaired) electrons. The van der Waals surface area contributed by atoms with Gasteiger partial charge in [-0.25, -0.2) is 4.79 Å². The molecule has 3 rings (SSSR count). The number of aromatic hydroxyl groups is 1. The highest BCUT2D eigenvalue weighted by Crippen LogP contribution is 2.21. The van der Waals surface area contributed by atoms with Crippen LogP contribution in [0.1, 0.15) is 23.2 Å². The van der Waals surface area contributed by atoms with Crippen molar-refractivity contribution in [1.29, 1.82) is 0 Å². The topological polar surface area (TPSA) is 78.9 Å². The second-order valence-electron chi connectivity index (χ2n) is 6.06. The fourth-order valence-corrected chi connectivity index (χ4v) is 2.87. The van der Waals surface area contributed by atoms with Gasteiger partial charge in [-0.3, -0.25) is 10.1 Å². The van der Waals surface area contributed by atoms with E-state index in [1.807, 2.05) is 12.1 Å². The number of benzene rings is 2. The summed E-state index contributed by atoms with van der Waals surface area (Å²) in [5.41, 5.74) is 0.317. The number of hydrogen-bond acceptors (Lipinski definition) is 4. The van der Waals surface area contributed by atoms with E-state index in [2.05, 4.69) is 5.32 Å². The van der Waals surface area contributed by atoms with Crippen molar-refractivity contribution in [2.24, 2.45) is 0 Å². The number of piperidine rings is 1. The SMILES string of the molecule is O=C(NC(=O)N1CCC(Oc2ccc(Cl)cc2)CC1)c1ccc(O)cc1. The molecule has 0 bridgehead atoms. The highest BCUT2D eigenvalue weighted by Gasteiger charge is 2.25. The third-order valence-corrected chi connectivity index (χ3v) is 4.45. The van der Waals surface area contributed by atoms with E-state index in [9.17, 15) is 14.7 Å². The van der Waals surface area contributed by atoms with Gasteiger partial charge in [0.05, 0.1) is 0 Å². The van der Waals surface area contributed by atoms with Crippen LogP contribution in [-0.4, -0.2) is 41.1 Å². The first-order valence-corrected chi connectivity index (χ1v) is 8.70. The van der Waals surface area contributed by atoms with Crippen molar-refractivity contribution in [1.82, 2.24) is 10.2 Å². The molecule has 2 aromatic carbocycles. The number of nitrogens with one attached hydrogen (secondary N) is 1. The standard InChI is InChI=1S/C19H19ClN2O4/c20-14-3-7-16(8-4-14)26-17-9-11-22(12-10-17)19(25)21-18(24)13-1-5-15(23)6-2-13/h1-8,17,23H,9-12H2,(H,21,24,25). The minimum absolute atomic E-state index is 0.0213. The third-order valence-electron chi connectivity index (χ3n) is 4.20. The second kappa shape index (κ2) is 8.10. The van der Waals surface area contributed by atoms with Crippen LogP contribution in [0.25, 0.3) is 0 Å². The average molecular weight is 375 g/mol. The number of imide groups is 1. The van der Waals surface area contributed by atoms with Crippen LogP contribution in [0.2, 0.25) is 5.02 Å². The Bertz CT molecular complexity index is 769. The number of urea groups is 1. The van der Waals surface area contributed by atoms with Crippen LogP contribution in [0.15, 0.2) is 48.5 Å². The van der Waals surface area contributed by atoms with Crippen LogP contribution in [0, 0.1) is 0 Å². The van der Waals surface area contributed by atoms with Crippen LogP contribution in [0.4, 0.5) is 4.79 Å². The summed E-state index contributed by atoms with van der Waals surface area (Å²) in [5.74, 6) is 0.324. The van der Waals surface area contributed by atoms with E-state index in [1.165, 1.54) is 24.3 Å². The normalized spacial score (nSPS) is 14.7. The monoisotopic (exact) mass is 374 g/mol. The molecular weight excluding hydrogens is 356 g/mol. The van der Waals surface area contributed by atoms with Crippen molar-refractivity contribution < 1.29 is 19.4 Å². The number of likely N-dealkylation sites (tertiary alicyclic amines) is 1. The van der Waals surface area contributed by atoms with Crippen LogP contribution in [0.3, 0.4) is 0 Å². The summed E-state index contributed by atoms with van der Waals surface area (Å²) >= 11 is 5.86. The van der Waals surface area contributed by atoms with Gasteiger partial charge >= 0.3 is 6.03 Å². The van der Waals surface area contributed by atoms with Gasteiger partial charge in [-0.15, -0.1) is 0 Å². The van der Waals surface area contributed by atoms with Crippen molar-refractivity contribution in [2.45, 2.75) is 18.9 Å². The Kier molecular flexibility index (Phi) is 5.63. The molecule has 0 spiro atoms. The maximum atomic E-state index is 12.2. The van der Waals surface area contributed by atoms with E-state index in [0.717, 1.165) is 5.75 Å². The largest absolute Gasteiger partial charge is 0.508 e. The zero-order valence-electron chi connectivity index (χ0n) is 14.0. The average Bonchev–Trinajstić information content (AvgIpc) is 2.64. The van der Waals surface area contributed by atoms with Gasteiger partial charge in [-0.05, 0) is 48.5 Å². The van der Waals surface area contributed by atoms with Gasteiger partial charge in [0.25, 0.3) is 5.91 Å². The number of nitrogens with zero attached hydrogens (tertiary/aromatic N) is 1. The number of phenolic OH excluding ortho intramolecular Hbond substituents is 1. The van der Waals surface area contributed by atoms with Crippen molar-refractivity contribution in [3.8, 4) is 11.5 Å². The lowest BCUT2D eigenvalue weighted by Crippen LogP contribution is -2.48. The Morgan fingerprint density at radius 1 is 1.04 bits per heavy atom. The Hall–Kier alpha value is -2.73. The maximum Gasteiger partial charge on any atom is 0.324 e. The van der Waals surface area contributed by atoms with Gasteiger partial charge in [0.2, 0.25) is 0 Å². The molecule has 0 aromatic heterocycles. The molecule has 2 aromatic rings. The minimum Gasteiger partial charge on any atom is -0.508 e. The van der Waals surface area contributed by atoms with E-state index in [0.29, 0.717) is 36.5 Å². The summed E-state index contributed by atoms with van der Waals surface area (Å²) in [5, 5.41) is 12.3. The Balaban J connectivity index is 1.48. The van der Waals surface area contributed by atoms with Crippen molar-refractivity contribution in [3.05, 3.63) is 59.1 Å². The molecule has 3 amide bonds. The zero-order chi connectivity index (χ0) is 18.5. The van der Waals surface area contributed by atoms with Crippen LogP contribution >= 0.6 is 11.6 Å². The fraction of sp³-hybridized carbons (Fsp3) is 0.263. The predicted octanol–water partition coefficient (Wildman–Crippen LogP) is 3.44. The second-order valence-corrected chi connectivity index (χ2v) is 6.50. The van der Waals surface area contributed by atoms with E-state index in [-0.39, 0.29) is 11.9 Å². The number of ether oxygens (including phenoxy) is 1. The first-order chi connectivity index (χ1) is 12.5. The van der Waals surface area contributed by atoms with Crippen LogP contribution in [0.5, 0.6) is 11.5 Å². The van der Waals surface area contributed by atoms with E-state index in [1.54, 1.807) is 17.0 Å². The Morgan fingerprint density at radius 2 is 1.65 bits per heavy atom. The number of carbonyl (C=O) groups excluding carboxylic acids is 2. The minimum atomic E-state index is -0.491. The molecule has 7 heteroatoms. The molecule has 1 heterocycles. The fourth-order valence-electron chi connectivity index (χ4n) is 2.74. The molecule has 26 heavy (non-hydrogen) atoms. The molecule has 136 valence electrons. The Labute approximate surface area is 156 Å². The summed E-state index contributed by atoms with van der Waals surface area (Å²) in [6.07, 6.45) is 1.39. The van der Waals surface area contributed by atoms with Gasteiger partial charge < -0.3 is 14.7 Å². The number of halogens is 1. The lowest BCUT2D eigenvalue weighted by Gasteiger charge is -2.32. The summed E-state index contributed by atoms with van der Waals surface area (Å²) < 4.78 is 5.89. The predicted molar refractivity (Wildman–Crippen MR) is 97.6 cm³/mol. The molecule has 1 aliphatic rings. The maximum absolute atomic E-state index is 12.2. The molecule has 0 unspecified atom stereocenters. The van der Waals surface area contributed by atoms with E-state index < -0.39 is 11.9 Å². The molecule has 0 aliphatic carbocycles. The number of rotatable bonds is 3. The molecule has 6 nitrogen and oxygen atoms in total. The molecule has 2 N–H and O–H groups in total. The summed E-state index contributed by atoms with van der Waals surface area (Å²) in [7, 11) is 0. The van der Waals surface area contributed by atoms with Gasteiger partial charge in [-0.2, -0.15) is 0 Å². The molecule has 1 fully saturated rings. The molecule has 0 atom stereocenters. The van der Waals surface area contributed by atoms with Gasteiger partial charge in [0.15, 0.2) is 0 Å². The zero-order valence-corrected chi connectivity index (χ0v) is 14.8. The molecule has 0 saturated carbocycles. The quantitative estimate of drug-likeness (QED) is 0.862. The highest BCUT2D eigenvalue weighted by atomic mass is 35.5. The van der Waals surface area contributed by atoms with E-state index >= 15 is 0 Å². The lowest BCUT2D eigenvalue weighted by atomic mass is 10.1. The lowest BCUT2D eigenvalue weighted by molar-refractivity contribution is 0.0916. The number of carbonyl (C=O) groups is 2. The number of amides is 3. The van der Waals surface area contributed by atoms with Crippen molar-refractivity contribution in [3.63, 3.8) is 0 Å². The molecule has 1 saturated heterocycles. The summed E-state index contributed by atoms with van der Waals surface area (Å²) in [4.78, 5) is 25.9. The smallest absolute Gasteiger partial charge is 0.324 e. The van der Waals surface area contributed by atoms with Gasteiger partial charge in [0, 0.05) is 36.5 Å². The molecular formula is C19H19ClN2O4. The third kappa shape index (κ3) is 4.67. The Morgan fingerprint density at radius 3 is 2.27 bits per heavy atom. The van der Waals surface area contributed by atoms with E-state index in [4.69, 9.17) is 16.3 Å². The molecule has 1 aliphatic heterocycles. The highest BCUT2D eigenvalue weighted by molar-refractivity contribution is 6.30. The number of hydrogen-bond donors (Lipinski definition) is 2. The van der Waals surface area contributed by atoms with Gasteiger partial charge in [0.1, 0.15) is 17.6 Å². The number of phenols is 1. The van der Waals surface area contributed by atoms with Crippen molar-refractivity contribution in [2.75, 3.05) is 13.1 Å².